The Labute approximate surface area is 203 Å². The van der Waals surface area contributed by atoms with Crippen molar-refractivity contribution in [3.8, 4) is 5.75 Å². The first kappa shape index (κ1) is 25.3. The molecule has 0 radical (unpaired) electrons. The number of hydrogen-bond acceptors (Lipinski definition) is 4. The summed E-state index contributed by atoms with van der Waals surface area (Å²) in [7, 11) is 5.89. The van der Waals surface area contributed by atoms with Crippen molar-refractivity contribution in [1.29, 1.82) is 0 Å². The molecule has 31 heavy (non-hydrogen) atoms. The van der Waals surface area contributed by atoms with Crippen LogP contribution >= 0.6 is 24.0 Å². The highest BCUT2D eigenvalue weighted by molar-refractivity contribution is 14.0. The SMILES string of the molecule is CN=C(NCc1cccc(N(C)C)c1)NCc1ccc(C)cc1OCC1CCOC1.I. The number of benzene rings is 2. The van der Waals surface area contributed by atoms with Gasteiger partial charge in [-0.1, -0.05) is 24.3 Å². The molecular formula is C24H35IN4O2. The number of ether oxygens (including phenoxy) is 2. The van der Waals surface area contributed by atoms with Crippen LogP contribution in [-0.4, -0.2) is 46.9 Å². The molecule has 1 saturated heterocycles. The lowest BCUT2D eigenvalue weighted by molar-refractivity contribution is 0.166. The Hall–Kier alpha value is -2.00. The number of nitrogens with one attached hydrogen (secondary N) is 2. The van der Waals surface area contributed by atoms with E-state index in [1.54, 1.807) is 7.05 Å². The van der Waals surface area contributed by atoms with Gasteiger partial charge in [-0.15, -0.1) is 24.0 Å². The predicted molar refractivity (Wildman–Crippen MR) is 139 cm³/mol. The Morgan fingerprint density at radius 3 is 2.68 bits per heavy atom. The Kier molecular flexibility index (Phi) is 10.4. The second kappa shape index (κ2) is 12.8. The summed E-state index contributed by atoms with van der Waals surface area (Å²) in [5.74, 6) is 2.18. The molecule has 6 nitrogen and oxygen atoms in total. The van der Waals surface area contributed by atoms with Gasteiger partial charge < -0.3 is 25.0 Å². The predicted octanol–water partition coefficient (Wildman–Crippen LogP) is 3.96. The number of guanidine groups is 1. The highest BCUT2D eigenvalue weighted by atomic mass is 127. The molecule has 2 N–H and O–H groups in total. The van der Waals surface area contributed by atoms with E-state index < -0.39 is 0 Å². The quantitative estimate of drug-likeness (QED) is 0.303. The molecule has 0 bridgehead atoms. The summed E-state index contributed by atoms with van der Waals surface area (Å²) in [6.07, 6.45) is 1.07. The lowest BCUT2D eigenvalue weighted by Gasteiger charge is -2.17. The summed E-state index contributed by atoms with van der Waals surface area (Å²) in [5, 5.41) is 6.80. The molecule has 7 heteroatoms. The van der Waals surface area contributed by atoms with Crippen molar-refractivity contribution in [3.05, 3.63) is 59.2 Å². The van der Waals surface area contributed by atoms with Gasteiger partial charge in [-0.2, -0.15) is 0 Å². The van der Waals surface area contributed by atoms with Gasteiger partial charge >= 0.3 is 0 Å². The molecule has 0 amide bonds. The fraction of sp³-hybridized carbons (Fsp3) is 0.458. The van der Waals surface area contributed by atoms with Gasteiger partial charge in [0.05, 0.1) is 13.2 Å². The van der Waals surface area contributed by atoms with Gasteiger partial charge in [-0.25, -0.2) is 0 Å². The van der Waals surface area contributed by atoms with E-state index in [1.807, 2.05) is 14.1 Å². The summed E-state index contributed by atoms with van der Waals surface area (Å²) >= 11 is 0. The topological polar surface area (TPSA) is 58.1 Å². The Morgan fingerprint density at radius 2 is 1.97 bits per heavy atom. The molecule has 3 rings (SSSR count). The molecule has 0 saturated carbocycles. The zero-order valence-corrected chi connectivity index (χ0v) is 21.3. The maximum atomic E-state index is 6.15. The summed E-state index contributed by atoms with van der Waals surface area (Å²) < 4.78 is 11.6. The van der Waals surface area contributed by atoms with Crippen LogP contribution in [-0.2, 0) is 17.8 Å². The molecule has 0 aliphatic carbocycles. The molecule has 2 aromatic carbocycles. The van der Waals surface area contributed by atoms with Crippen LogP contribution in [0.25, 0.3) is 0 Å². The fourth-order valence-corrected chi connectivity index (χ4v) is 3.39. The van der Waals surface area contributed by atoms with E-state index in [4.69, 9.17) is 9.47 Å². The van der Waals surface area contributed by atoms with Crippen LogP contribution in [0.1, 0.15) is 23.1 Å². The number of halogens is 1. The summed E-state index contributed by atoms with van der Waals surface area (Å²) in [6, 6.07) is 14.8. The molecule has 1 aliphatic rings. The highest BCUT2D eigenvalue weighted by Crippen LogP contribution is 2.22. The van der Waals surface area contributed by atoms with E-state index in [2.05, 4.69) is 69.9 Å². The standard InChI is InChI=1S/C24H34N4O2.HI/c1-18-8-9-21(23(12-18)30-17-20-10-11-29-16-20)15-27-24(25-2)26-14-19-6-5-7-22(13-19)28(3)4;/h5-9,12-13,20H,10-11,14-17H2,1-4H3,(H2,25,26,27);1H. The molecule has 1 unspecified atom stereocenters. The van der Waals surface area contributed by atoms with Gasteiger partial charge in [0, 0.05) is 58.0 Å². The molecule has 1 heterocycles. The number of aryl methyl sites for hydroxylation is 1. The van der Waals surface area contributed by atoms with E-state index in [0.29, 0.717) is 25.6 Å². The number of nitrogens with zero attached hydrogens (tertiary/aromatic N) is 2. The molecule has 0 spiro atoms. The first-order chi connectivity index (χ1) is 14.5. The minimum absolute atomic E-state index is 0. The first-order valence-electron chi connectivity index (χ1n) is 10.6. The number of hydrogen-bond donors (Lipinski definition) is 2. The van der Waals surface area contributed by atoms with Crippen LogP contribution in [0.2, 0.25) is 0 Å². The number of rotatable bonds is 8. The Morgan fingerprint density at radius 1 is 1.16 bits per heavy atom. The molecule has 2 aromatic rings. The Balaban J connectivity index is 0.00000341. The van der Waals surface area contributed by atoms with Crippen LogP contribution in [0.15, 0.2) is 47.5 Å². The van der Waals surface area contributed by atoms with Crippen LogP contribution in [0.4, 0.5) is 5.69 Å². The smallest absolute Gasteiger partial charge is 0.191 e. The van der Waals surface area contributed by atoms with Gasteiger partial charge in [0.1, 0.15) is 5.75 Å². The van der Waals surface area contributed by atoms with Crippen molar-refractivity contribution in [2.45, 2.75) is 26.4 Å². The Bertz CT molecular complexity index is 851. The van der Waals surface area contributed by atoms with Gasteiger partial charge in [-0.3, -0.25) is 4.99 Å². The molecular weight excluding hydrogens is 503 g/mol. The van der Waals surface area contributed by atoms with Crippen LogP contribution in [0.3, 0.4) is 0 Å². The van der Waals surface area contributed by atoms with Crippen LogP contribution in [0, 0.1) is 12.8 Å². The normalized spacial score (nSPS) is 15.9. The number of aliphatic imine (C=N–C) groups is 1. The third kappa shape index (κ3) is 7.88. The first-order valence-corrected chi connectivity index (χ1v) is 10.6. The van der Waals surface area contributed by atoms with Crippen molar-refractivity contribution in [2.75, 3.05) is 45.9 Å². The zero-order valence-electron chi connectivity index (χ0n) is 19.0. The molecule has 1 atom stereocenters. The van der Waals surface area contributed by atoms with E-state index in [9.17, 15) is 0 Å². The second-order valence-electron chi connectivity index (χ2n) is 8.00. The van der Waals surface area contributed by atoms with Crippen molar-refractivity contribution in [3.63, 3.8) is 0 Å². The lowest BCUT2D eigenvalue weighted by atomic mass is 10.1. The van der Waals surface area contributed by atoms with Crippen molar-refractivity contribution >= 4 is 35.6 Å². The summed E-state index contributed by atoms with van der Waals surface area (Å²) in [6.45, 7) is 5.78. The minimum Gasteiger partial charge on any atom is -0.493 e. The van der Waals surface area contributed by atoms with Crippen molar-refractivity contribution in [2.24, 2.45) is 10.9 Å². The van der Waals surface area contributed by atoms with Crippen molar-refractivity contribution < 1.29 is 9.47 Å². The lowest BCUT2D eigenvalue weighted by Crippen LogP contribution is -2.36. The van der Waals surface area contributed by atoms with Gasteiger partial charge in [0.2, 0.25) is 0 Å². The molecule has 1 fully saturated rings. The van der Waals surface area contributed by atoms with Gasteiger partial charge in [0.25, 0.3) is 0 Å². The zero-order chi connectivity index (χ0) is 21.3. The maximum Gasteiger partial charge on any atom is 0.191 e. The second-order valence-corrected chi connectivity index (χ2v) is 8.00. The van der Waals surface area contributed by atoms with Crippen LogP contribution in [0.5, 0.6) is 5.75 Å². The van der Waals surface area contributed by atoms with E-state index in [-0.39, 0.29) is 24.0 Å². The highest BCUT2D eigenvalue weighted by Gasteiger charge is 2.17. The fourth-order valence-electron chi connectivity index (χ4n) is 3.39. The third-order valence-corrected chi connectivity index (χ3v) is 5.28. The third-order valence-electron chi connectivity index (χ3n) is 5.28. The average Bonchev–Trinajstić information content (AvgIpc) is 3.27. The van der Waals surface area contributed by atoms with Gasteiger partial charge in [0.15, 0.2) is 5.96 Å². The summed E-state index contributed by atoms with van der Waals surface area (Å²) in [4.78, 5) is 6.46. The monoisotopic (exact) mass is 538 g/mol. The van der Waals surface area contributed by atoms with E-state index in [1.165, 1.54) is 16.8 Å². The maximum absolute atomic E-state index is 6.15. The summed E-state index contributed by atoms with van der Waals surface area (Å²) in [5.41, 5.74) is 4.71. The minimum atomic E-state index is 0. The average molecular weight is 538 g/mol. The molecule has 0 aromatic heterocycles. The largest absolute Gasteiger partial charge is 0.493 e. The van der Waals surface area contributed by atoms with Gasteiger partial charge in [-0.05, 0) is 42.7 Å². The van der Waals surface area contributed by atoms with Crippen molar-refractivity contribution in [1.82, 2.24) is 10.6 Å². The van der Waals surface area contributed by atoms with E-state index >= 15 is 0 Å². The number of anilines is 1. The van der Waals surface area contributed by atoms with Crippen LogP contribution < -0.4 is 20.3 Å². The molecule has 170 valence electrons. The molecule has 1 aliphatic heterocycles. The van der Waals surface area contributed by atoms with E-state index in [0.717, 1.165) is 36.9 Å².